The number of hydrogen-bond donors (Lipinski definition) is 1. The first kappa shape index (κ1) is 24.7. The van der Waals surface area contributed by atoms with Gasteiger partial charge in [-0.05, 0) is 65.7 Å². The molecule has 3 aromatic carbocycles. The lowest BCUT2D eigenvalue weighted by atomic mass is 10.1. The number of halogens is 2. The molecular weight excluding hydrogens is 491 g/mol. The zero-order valence-electron chi connectivity index (χ0n) is 19.2. The Bertz CT molecular complexity index is 1370. The minimum absolute atomic E-state index is 0.0358. The van der Waals surface area contributed by atoms with Crippen LogP contribution in [0, 0.1) is 5.82 Å². The number of rotatable bonds is 7. The molecule has 0 bridgehead atoms. The first-order chi connectivity index (χ1) is 17.3. The molecule has 8 nitrogen and oxygen atoms in total. The maximum absolute atomic E-state index is 13.4. The van der Waals surface area contributed by atoms with E-state index in [2.05, 4.69) is 5.32 Å². The number of nitrogens with one attached hydrogen (secondary N) is 1. The molecule has 0 aliphatic carbocycles. The summed E-state index contributed by atoms with van der Waals surface area (Å²) in [5, 5.41) is 2.31. The lowest BCUT2D eigenvalue weighted by Crippen LogP contribution is -2.54. The van der Waals surface area contributed by atoms with Gasteiger partial charge < -0.3 is 14.2 Å². The van der Waals surface area contributed by atoms with E-state index >= 15 is 0 Å². The summed E-state index contributed by atoms with van der Waals surface area (Å²) in [6.45, 7) is 0.0358. The topological polar surface area (TPSA) is 94.2 Å². The van der Waals surface area contributed by atoms with Crippen molar-refractivity contribution in [2.24, 2.45) is 0 Å². The summed E-state index contributed by atoms with van der Waals surface area (Å²) in [7, 11) is 2.89. The number of barbiturate groups is 1. The van der Waals surface area contributed by atoms with Crippen LogP contribution < -0.4 is 24.4 Å². The maximum Gasteiger partial charge on any atom is 0.335 e. The quantitative estimate of drug-likeness (QED) is 0.364. The third-order valence-corrected chi connectivity index (χ3v) is 5.55. The highest BCUT2D eigenvalue weighted by molar-refractivity contribution is 6.39. The first-order valence-electron chi connectivity index (χ1n) is 10.6. The summed E-state index contributed by atoms with van der Waals surface area (Å²) in [6.07, 6.45) is 1.30. The Kier molecular flexibility index (Phi) is 7.21. The van der Waals surface area contributed by atoms with Crippen molar-refractivity contribution in [3.05, 3.63) is 88.2 Å². The highest BCUT2D eigenvalue weighted by Gasteiger charge is 2.37. The minimum Gasteiger partial charge on any atom is -0.497 e. The fourth-order valence-corrected chi connectivity index (χ4v) is 3.81. The first-order valence-corrected chi connectivity index (χ1v) is 11.0. The Morgan fingerprint density at radius 2 is 1.75 bits per heavy atom. The molecule has 4 amide bonds. The van der Waals surface area contributed by atoms with Gasteiger partial charge in [-0.3, -0.25) is 14.9 Å². The van der Waals surface area contributed by atoms with Crippen LogP contribution in [0.3, 0.4) is 0 Å². The number of methoxy groups -OCH3 is 2. The van der Waals surface area contributed by atoms with Gasteiger partial charge in [-0.1, -0.05) is 23.7 Å². The van der Waals surface area contributed by atoms with Gasteiger partial charge in [0.05, 0.1) is 24.9 Å². The molecule has 0 spiro atoms. The second kappa shape index (κ2) is 10.5. The second-order valence-electron chi connectivity index (χ2n) is 7.61. The molecule has 1 fully saturated rings. The smallest absolute Gasteiger partial charge is 0.335 e. The Morgan fingerprint density at radius 1 is 1.00 bits per heavy atom. The van der Waals surface area contributed by atoms with Gasteiger partial charge in [0.1, 0.15) is 23.7 Å². The van der Waals surface area contributed by atoms with Crippen LogP contribution in [0.2, 0.25) is 5.02 Å². The van der Waals surface area contributed by atoms with Crippen LogP contribution in [-0.2, 0) is 16.2 Å². The molecule has 10 heteroatoms. The maximum atomic E-state index is 13.4. The molecule has 184 valence electrons. The number of hydrogen-bond acceptors (Lipinski definition) is 6. The SMILES string of the molecule is COc1ccc(N2C(=O)NC(=O)/C(=C\c3cc(Cl)c(OCc4cccc(F)c4)c(OC)c3)C2=O)cc1. The molecule has 4 rings (SSSR count). The molecule has 0 saturated carbocycles. The van der Waals surface area contributed by atoms with E-state index in [1.165, 1.54) is 56.7 Å². The fourth-order valence-electron chi connectivity index (χ4n) is 3.54. The van der Waals surface area contributed by atoms with Crippen molar-refractivity contribution in [3.63, 3.8) is 0 Å². The van der Waals surface area contributed by atoms with Crippen LogP contribution in [0.4, 0.5) is 14.9 Å². The molecule has 1 saturated heterocycles. The Labute approximate surface area is 210 Å². The van der Waals surface area contributed by atoms with Crippen LogP contribution in [0.25, 0.3) is 6.08 Å². The van der Waals surface area contributed by atoms with E-state index in [1.807, 2.05) is 0 Å². The Hall–Kier alpha value is -4.37. The standard InChI is InChI=1S/C26H20ClFN2O6/c1-34-19-8-6-18(7-9-19)30-25(32)20(24(31)29-26(30)33)11-16-12-21(27)23(22(13-16)35-2)36-14-15-4-3-5-17(28)10-15/h3-13H,14H2,1-2H3,(H,29,31,33)/b20-11+. The van der Waals surface area contributed by atoms with Crippen molar-refractivity contribution in [2.75, 3.05) is 19.1 Å². The predicted molar refractivity (Wildman–Crippen MR) is 131 cm³/mol. The van der Waals surface area contributed by atoms with E-state index < -0.39 is 23.7 Å². The van der Waals surface area contributed by atoms with E-state index in [9.17, 15) is 18.8 Å². The predicted octanol–water partition coefficient (Wildman–Crippen LogP) is 4.74. The Balaban J connectivity index is 1.63. The monoisotopic (exact) mass is 510 g/mol. The number of carbonyl (C=O) groups is 3. The van der Waals surface area contributed by atoms with Gasteiger partial charge in [-0.25, -0.2) is 14.1 Å². The number of nitrogens with zero attached hydrogens (tertiary/aromatic N) is 1. The summed E-state index contributed by atoms with van der Waals surface area (Å²) in [5.41, 5.74) is 0.926. The number of benzene rings is 3. The number of urea groups is 1. The molecule has 1 heterocycles. The minimum atomic E-state index is -0.871. The molecule has 0 aromatic heterocycles. The zero-order valence-corrected chi connectivity index (χ0v) is 20.0. The highest BCUT2D eigenvalue weighted by atomic mass is 35.5. The molecule has 0 atom stereocenters. The second-order valence-corrected chi connectivity index (χ2v) is 8.02. The van der Waals surface area contributed by atoms with Gasteiger partial charge in [0.2, 0.25) is 0 Å². The number of amides is 4. The molecule has 1 aliphatic heterocycles. The van der Waals surface area contributed by atoms with E-state index in [0.29, 0.717) is 16.9 Å². The van der Waals surface area contributed by atoms with Crippen molar-refractivity contribution >= 4 is 41.2 Å². The van der Waals surface area contributed by atoms with Crippen LogP contribution in [-0.4, -0.2) is 32.1 Å². The third kappa shape index (κ3) is 5.16. The number of carbonyl (C=O) groups excluding carboxylic acids is 3. The number of ether oxygens (including phenoxy) is 3. The summed E-state index contributed by atoms with van der Waals surface area (Å²) < 4.78 is 29.7. The van der Waals surface area contributed by atoms with Gasteiger partial charge in [0.15, 0.2) is 11.5 Å². The lowest BCUT2D eigenvalue weighted by molar-refractivity contribution is -0.122. The van der Waals surface area contributed by atoms with E-state index in [1.54, 1.807) is 24.3 Å². The van der Waals surface area contributed by atoms with Crippen LogP contribution >= 0.6 is 11.6 Å². The highest BCUT2D eigenvalue weighted by Crippen LogP contribution is 2.38. The average molecular weight is 511 g/mol. The molecule has 3 aromatic rings. The third-order valence-electron chi connectivity index (χ3n) is 5.27. The van der Waals surface area contributed by atoms with Crippen LogP contribution in [0.15, 0.2) is 66.2 Å². The van der Waals surface area contributed by atoms with Crippen molar-refractivity contribution in [3.8, 4) is 17.2 Å². The lowest BCUT2D eigenvalue weighted by Gasteiger charge is -2.26. The van der Waals surface area contributed by atoms with Gasteiger partial charge in [-0.2, -0.15) is 0 Å². The molecular formula is C26H20ClFN2O6. The van der Waals surface area contributed by atoms with E-state index in [4.69, 9.17) is 25.8 Å². The van der Waals surface area contributed by atoms with Crippen molar-refractivity contribution < 1.29 is 33.0 Å². The molecule has 0 unspecified atom stereocenters. The van der Waals surface area contributed by atoms with Crippen molar-refractivity contribution in [1.82, 2.24) is 5.32 Å². The largest absolute Gasteiger partial charge is 0.497 e. The summed E-state index contributed by atoms with van der Waals surface area (Å²) in [5.74, 6) is -1.07. The molecule has 0 radical (unpaired) electrons. The molecule has 1 N–H and O–H groups in total. The normalized spacial score (nSPS) is 14.6. The van der Waals surface area contributed by atoms with Gasteiger partial charge in [0.25, 0.3) is 11.8 Å². The summed E-state index contributed by atoms with van der Waals surface area (Å²) >= 11 is 6.41. The number of anilines is 1. The summed E-state index contributed by atoms with van der Waals surface area (Å²) in [6, 6.07) is 14.3. The number of imide groups is 2. The Morgan fingerprint density at radius 3 is 2.42 bits per heavy atom. The fraction of sp³-hybridized carbons (Fsp3) is 0.115. The zero-order chi connectivity index (χ0) is 25.8. The summed E-state index contributed by atoms with van der Waals surface area (Å²) in [4.78, 5) is 38.9. The van der Waals surface area contributed by atoms with Crippen LogP contribution in [0.5, 0.6) is 17.2 Å². The van der Waals surface area contributed by atoms with E-state index in [-0.39, 0.29) is 34.4 Å². The van der Waals surface area contributed by atoms with E-state index in [0.717, 1.165) is 4.90 Å². The van der Waals surface area contributed by atoms with Crippen molar-refractivity contribution in [2.45, 2.75) is 6.61 Å². The average Bonchev–Trinajstić information content (AvgIpc) is 2.86. The van der Waals surface area contributed by atoms with Gasteiger partial charge in [0, 0.05) is 0 Å². The van der Waals surface area contributed by atoms with Gasteiger partial charge in [-0.15, -0.1) is 0 Å². The van der Waals surface area contributed by atoms with Gasteiger partial charge >= 0.3 is 6.03 Å². The molecule has 1 aliphatic rings. The van der Waals surface area contributed by atoms with Crippen molar-refractivity contribution in [1.29, 1.82) is 0 Å². The van der Waals surface area contributed by atoms with Crippen LogP contribution in [0.1, 0.15) is 11.1 Å². The molecule has 36 heavy (non-hydrogen) atoms.